The lowest BCUT2D eigenvalue weighted by molar-refractivity contribution is 0.254. The van der Waals surface area contributed by atoms with Crippen LogP contribution < -0.4 is 10.2 Å². The lowest BCUT2D eigenvalue weighted by Crippen LogP contribution is -2.37. The highest BCUT2D eigenvalue weighted by molar-refractivity contribution is 6.30. The molecule has 1 N–H and O–H groups in total. The van der Waals surface area contributed by atoms with Crippen LogP contribution in [-0.2, 0) is 6.54 Å². The van der Waals surface area contributed by atoms with Gasteiger partial charge in [0, 0.05) is 42.4 Å². The maximum atomic E-state index is 6.20. The molecule has 0 spiro atoms. The van der Waals surface area contributed by atoms with Gasteiger partial charge in [-0.25, -0.2) is 0 Å². The van der Waals surface area contributed by atoms with Crippen LogP contribution in [0.4, 0.5) is 5.69 Å². The highest BCUT2D eigenvalue weighted by Gasteiger charge is 2.34. The molecule has 3 nitrogen and oxygen atoms in total. The van der Waals surface area contributed by atoms with E-state index in [9.17, 15) is 0 Å². The Morgan fingerprint density at radius 1 is 1.24 bits per heavy atom. The monoisotopic (exact) mass is 307 g/mol. The summed E-state index contributed by atoms with van der Waals surface area (Å²) in [6.07, 6.45) is 3.99. The maximum Gasteiger partial charge on any atom is 0.0413 e. The van der Waals surface area contributed by atoms with Crippen molar-refractivity contribution in [1.29, 1.82) is 0 Å². The zero-order chi connectivity index (χ0) is 14.8. The second kappa shape index (κ2) is 6.55. The second-order valence-corrected chi connectivity index (χ2v) is 6.77. The van der Waals surface area contributed by atoms with Crippen LogP contribution in [0.15, 0.2) is 18.2 Å². The van der Waals surface area contributed by atoms with E-state index in [1.54, 1.807) is 0 Å². The SMILES string of the molecule is CCNCc1cc(Cl)ccc1N1CCC2CCC(C1)N2C. The number of halogens is 1. The average Bonchev–Trinajstić information content (AvgIpc) is 2.71. The Morgan fingerprint density at radius 3 is 2.86 bits per heavy atom. The summed E-state index contributed by atoms with van der Waals surface area (Å²) in [5.74, 6) is 0. The summed E-state index contributed by atoms with van der Waals surface area (Å²) < 4.78 is 0. The van der Waals surface area contributed by atoms with Crippen molar-refractivity contribution < 1.29 is 0 Å². The minimum absolute atomic E-state index is 0.708. The largest absolute Gasteiger partial charge is 0.370 e. The Hall–Kier alpha value is -0.770. The second-order valence-electron chi connectivity index (χ2n) is 6.34. The van der Waals surface area contributed by atoms with Crippen molar-refractivity contribution in [3.63, 3.8) is 0 Å². The van der Waals surface area contributed by atoms with Crippen molar-refractivity contribution in [3.8, 4) is 0 Å². The minimum Gasteiger partial charge on any atom is -0.370 e. The lowest BCUT2D eigenvalue weighted by atomic mass is 10.1. The molecule has 4 heteroatoms. The molecule has 2 saturated heterocycles. The number of benzene rings is 1. The number of nitrogens with zero attached hydrogens (tertiary/aromatic N) is 2. The fourth-order valence-electron chi connectivity index (χ4n) is 3.79. The average molecular weight is 308 g/mol. The smallest absolute Gasteiger partial charge is 0.0413 e. The molecular weight excluding hydrogens is 282 g/mol. The van der Waals surface area contributed by atoms with Crippen LogP contribution in [0.3, 0.4) is 0 Å². The van der Waals surface area contributed by atoms with Gasteiger partial charge in [-0.15, -0.1) is 0 Å². The van der Waals surface area contributed by atoms with Crippen molar-refractivity contribution in [2.75, 3.05) is 31.6 Å². The molecule has 21 heavy (non-hydrogen) atoms. The van der Waals surface area contributed by atoms with Crippen LogP contribution in [0.25, 0.3) is 0 Å². The Morgan fingerprint density at radius 2 is 2.05 bits per heavy atom. The van der Waals surface area contributed by atoms with Crippen molar-refractivity contribution in [3.05, 3.63) is 28.8 Å². The van der Waals surface area contributed by atoms with Crippen LogP contribution in [0, 0.1) is 0 Å². The van der Waals surface area contributed by atoms with Gasteiger partial charge in [0.05, 0.1) is 0 Å². The van der Waals surface area contributed by atoms with Gasteiger partial charge < -0.3 is 10.2 Å². The molecule has 2 fully saturated rings. The van der Waals surface area contributed by atoms with E-state index >= 15 is 0 Å². The number of hydrogen-bond acceptors (Lipinski definition) is 3. The molecule has 3 rings (SSSR count). The quantitative estimate of drug-likeness (QED) is 0.922. The van der Waals surface area contributed by atoms with E-state index < -0.39 is 0 Å². The van der Waals surface area contributed by atoms with E-state index in [0.717, 1.165) is 37.2 Å². The lowest BCUT2D eigenvalue weighted by Gasteiger charge is -2.29. The zero-order valence-electron chi connectivity index (χ0n) is 13.1. The van der Waals surface area contributed by atoms with Crippen molar-refractivity contribution in [2.45, 2.75) is 44.8 Å². The summed E-state index contributed by atoms with van der Waals surface area (Å²) in [6, 6.07) is 7.84. The molecule has 0 radical (unpaired) electrons. The predicted molar refractivity (Wildman–Crippen MR) is 90.2 cm³/mol. The molecule has 0 saturated carbocycles. The van der Waals surface area contributed by atoms with E-state index in [1.165, 1.54) is 30.5 Å². The van der Waals surface area contributed by atoms with Crippen LogP contribution in [-0.4, -0.2) is 43.7 Å². The van der Waals surface area contributed by atoms with Gasteiger partial charge in [-0.3, -0.25) is 4.90 Å². The number of likely N-dealkylation sites (N-methyl/N-ethyl adjacent to an activating group) is 1. The first-order valence-electron chi connectivity index (χ1n) is 8.15. The maximum absolute atomic E-state index is 6.20. The van der Waals surface area contributed by atoms with Gasteiger partial charge in [0.25, 0.3) is 0 Å². The summed E-state index contributed by atoms with van der Waals surface area (Å²) in [4.78, 5) is 5.17. The Balaban J connectivity index is 1.82. The molecule has 1 aromatic rings. The molecule has 2 atom stereocenters. The third kappa shape index (κ3) is 3.20. The molecule has 0 aliphatic carbocycles. The van der Waals surface area contributed by atoms with E-state index in [1.807, 2.05) is 6.07 Å². The van der Waals surface area contributed by atoms with Gasteiger partial charge in [0.1, 0.15) is 0 Å². The number of hydrogen-bond donors (Lipinski definition) is 1. The van der Waals surface area contributed by atoms with E-state index in [0.29, 0.717) is 6.04 Å². The van der Waals surface area contributed by atoms with E-state index in [2.05, 4.69) is 41.2 Å². The Kier molecular flexibility index (Phi) is 4.72. The standard InChI is InChI=1S/C17H26ClN3/c1-3-19-11-13-10-14(18)4-7-17(13)21-9-8-15-5-6-16(12-21)20(15)2/h4,7,10,15-16,19H,3,5-6,8-9,11-12H2,1-2H3. The van der Waals surface area contributed by atoms with Crippen molar-refractivity contribution in [2.24, 2.45) is 0 Å². The van der Waals surface area contributed by atoms with Gasteiger partial charge in [0.15, 0.2) is 0 Å². The van der Waals surface area contributed by atoms with Crippen molar-refractivity contribution >= 4 is 17.3 Å². The first-order valence-corrected chi connectivity index (χ1v) is 8.53. The summed E-state index contributed by atoms with van der Waals surface area (Å²) in [7, 11) is 2.30. The molecule has 2 aliphatic rings. The first kappa shape index (κ1) is 15.1. The number of anilines is 1. The van der Waals surface area contributed by atoms with E-state index in [-0.39, 0.29) is 0 Å². The number of fused-ring (bicyclic) bond motifs is 2. The van der Waals surface area contributed by atoms with Gasteiger partial charge >= 0.3 is 0 Å². The molecule has 116 valence electrons. The molecule has 0 aromatic heterocycles. The number of nitrogens with one attached hydrogen (secondary N) is 1. The van der Waals surface area contributed by atoms with Crippen LogP contribution in [0.2, 0.25) is 5.02 Å². The Bertz CT molecular complexity index is 491. The predicted octanol–water partition coefficient (Wildman–Crippen LogP) is 3.12. The fourth-order valence-corrected chi connectivity index (χ4v) is 3.99. The fraction of sp³-hybridized carbons (Fsp3) is 0.647. The molecule has 2 bridgehead atoms. The zero-order valence-corrected chi connectivity index (χ0v) is 13.9. The first-order chi connectivity index (χ1) is 10.2. The van der Waals surface area contributed by atoms with Gasteiger partial charge in [-0.05, 0) is 56.6 Å². The summed E-state index contributed by atoms with van der Waals surface area (Å²) in [5.41, 5.74) is 2.69. The summed E-state index contributed by atoms with van der Waals surface area (Å²) in [6.45, 7) is 6.33. The van der Waals surface area contributed by atoms with Gasteiger partial charge in [-0.2, -0.15) is 0 Å². The number of rotatable bonds is 4. The van der Waals surface area contributed by atoms with Crippen LogP contribution in [0.5, 0.6) is 0 Å². The topological polar surface area (TPSA) is 18.5 Å². The summed E-state index contributed by atoms with van der Waals surface area (Å²) in [5, 5.41) is 4.27. The highest BCUT2D eigenvalue weighted by atomic mass is 35.5. The van der Waals surface area contributed by atoms with Crippen molar-refractivity contribution in [1.82, 2.24) is 10.2 Å². The molecular formula is C17H26ClN3. The third-order valence-electron chi connectivity index (χ3n) is 5.10. The molecule has 2 heterocycles. The molecule has 0 amide bonds. The van der Waals surface area contributed by atoms with Crippen LogP contribution in [0.1, 0.15) is 31.7 Å². The molecule has 2 aliphatic heterocycles. The third-order valence-corrected chi connectivity index (χ3v) is 5.33. The summed E-state index contributed by atoms with van der Waals surface area (Å²) >= 11 is 6.20. The molecule has 2 unspecified atom stereocenters. The molecule has 1 aromatic carbocycles. The van der Waals surface area contributed by atoms with E-state index in [4.69, 9.17) is 11.6 Å². The highest BCUT2D eigenvalue weighted by Crippen LogP contribution is 2.32. The van der Waals surface area contributed by atoms with Gasteiger partial charge in [-0.1, -0.05) is 18.5 Å². The normalized spacial score (nSPS) is 26.1. The van der Waals surface area contributed by atoms with Gasteiger partial charge in [0.2, 0.25) is 0 Å². The Labute approximate surface area is 133 Å². The minimum atomic E-state index is 0.708. The van der Waals surface area contributed by atoms with Crippen LogP contribution >= 0.6 is 11.6 Å².